The summed E-state index contributed by atoms with van der Waals surface area (Å²) in [5, 5.41) is 13.8. The summed E-state index contributed by atoms with van der Waals surface area (Å²) in [6, 6.07) is 4.00. The molecule has 1 saturated carbocycles. The third kappa shape index (κ3) is 11.8. The largest absolute Gasteiger partial charge is 0.499 e. The predicted octanol–water partition coefficient (Wildman–Crippen LogP) is 8.18. The van der Waals surface area contributed by atoms with Gasteiger partial charge in [0.1, 0.15) is 35.9 Å². The van der Waals surface area contributed by atoms with Crippen molar-refractivity contribution < 1.29 is 23.0 Å². The Balaban J connectivity index is 0.000000643. The summed E-state index contributed by atoms with van der Waals surface area (Å²) in [4.78, 5) is 18.3. The minimum atomic E-state index is -0.675. The van der Waals surface area contributed by atoms with Crippen LogP contribution >= 0.6 is 11.3 Å². The maximum Gasteiger partial charge on any atom is 0.138 e. The Labute approximate surface area is 296 Å². The van der Waals surface area contributed by atoms with Crippen molar-refractivity contribution in [2.75, 3.05) is 59.0 Å². The Morgan fingerprint density at radius 3 is 2.43 bits per heavy atom. The van der Waals surface area contributed by atoms with Crippen molar-refractivity contribution in [3.8, 4) is 11.4 Å². The number of carbonyl (C=O) groups is 1. The number of anilines is 1. The van der Waals surface area contributed by atoms with Gasteiger partial charge in [-0.15, -0.1) is 11.3 Å². The molecule has 274 valence electrons. The van der Waals surface area contributed by atoms with Crippen molar-refractivity contribution in [1.82, 2.24) is 25.4 Å². The molecule has 9 nitrogen and oxygen atoms in total. The fraction of sp³-hybridized carbons (Fsp3) is 0.541. The molecule has 3 aromatic heterocycles. The third-order valence-electron chi connectivity index (χ3n) is 7.50. The zero-order chi connectivity index (χ0) is 36.8. The van der Waals surface area contributed by atoms with Crippen molar-refractivity contribution in [3.63, 3.8) is 0 Å². The number of aldehydes is 1. The molecular weight excluding hydrogens is 647 g/mol. The molecule has 12 heteroatoms. The SMILES string of the molecule is C=COCCOC.CC.CC.CC.CNC.O=CC1CC2(C1)CN(c1nc(-c3cc4n(n3)CCNC4)c(C=C(F)/C=C/F)c3sccc13)C2. The molecule has 49 heavy (non-hydrogen) atoms. The molecule has 1 spiro atoms. The summed E-state index contributed by atoms with van der Waals surface area (Å²) in [6.45, 7) is 20.6. The molecular formula is C37H58F2N6O3S. The van der Waals surface area contributed by atoms with Gasteiger partial charge in [-0.1, -0.05) is 48.1 Å². The van der Waals surface area contributed by atoms with Gasteiger partial charge < -0.3 is 29.8 Å². The van der Waals surface area contributed by atoms with Gasteiger partial charge in [0, 0.05) is 66.3 Å². The van der Waals surface area contributed by atoms with Crippen LogP contribution in [0.2, 0.25) is 0 Å². The van der Waals surface area contributed by atoms with E-state index < -0.39 is 5.83 Å². The molecule has 0 atom stereocenters. The molecule has 2 fully saturated rings. The zero-order valence-corrected chi connectivity index (χ0v) is 31.8. The third-order valence-corrected chi connectivity index (χ3v) is 8.45. The van der Waals surface area contributed by atoms with E-state index in [1.807, 2.05) is 77.8 Å². The van der Waals surface area contributed by atoms with E-state index in [-0.39, 0.29) is 17.7 Å². The maximum atomic E-state index is 14.4. The van der Waals surface area contributed by atoms with Gasteiger partial charge in [-0.05, 0) is 50.5 Å². The van der Waals surface area contributed by atoms with Crippen LogP contribution in [0.3, 0.4) is 0 Å². The highest BCUT2D eigenvalue weighted by molar-refractivity contribution is 7.17. The summed E-state index contributed by atoms with van der Waals surface area (Å²) in [5.74, 6) is 0.372. The summed E-state index contributed by atoms with van der Waals surface area (Å²) < 4.78 is 39.3. The fourth-order valence-corrected chi connectivity index (χ4v) is 6.60. The number of hydrogen-bond donors (Lipinski definition) is 2. The lowest BCUT2D eigenvalue weighted by Gasteiger charge is -2.58. The lowest BCUT2D eigenvalue weighted by Crippen LogP contribution is -2.62. The monoisotopic (exact) mass is 704 g/mol. The van der Waals surface area contributed by atoms with Crippen LogP contribution in [0.4, 0.5) is 14.6 Å². The molecule has 1 saturated heterocycles. The van der Waals surface area contributed by atoms with E-state index in [2.05, 4.69) is 26.8 Å². The molecule has 0 unspecified atom stereocenters. The van der Waals surface area contributed by atoms with Gasteiger partial charge in [-0.25, -0.2) is 13.8 Å². The van der Waals surface area contributed by atoms with Gasteiger partial charge in [0.25, 0.3) is 0 Å². The Morgan fingerprint density at radius 1 is 1.18 bits per heavy atom. The van der Waals surface area contributed by atoms with Gasteiger partial charge >= 0.3 is 0 Å². The Bertz CT molecular complexity index is 1420. The average Bonchev–Trinajstić information content (AvgIpc) is 3.76. The number of aromatic nitrogens is 3. The van der Waals surface area contributed by atoms with Crippen LogP contribution in [0.5, 0.6) is 0 Å². The van der Waals surface area contributed by atoms with Crippen molar-refractivity contribution in [3.05, 3.63) is 59.8 Å². The van der Waals surface area contributed by atoms with Crippen LogP contribution in [-0.2, 0) is 27.4 Å². The van der Waals surface area contributed by atoms with Crippen LogP contribution < -0.4 is 15.5 Å². The van der Waals surface area contributed by atoms with Gasteiger partial charge in [0.15, 0.2) is 0 Å². The first-order valence-corrected chi connectivity index (χ1v) is 18.1. The van der Waals surface area contributed by atoms with E-state index in [0.717, 1.165) is 79.5 Å². The van der Waals surface area contributed by atoms with E-state index in [0.29, 0.717) is 30.2 Å². The lowest BCUT2D eigenvalue weighted by molar-refractivity contribution is -0.118. The van der Waals surface area contributed by atoms with Crippen LogP contribution in [-0.4, -0.2) is 75.1 Å². The molecule has 1 aliphatic carbocycles. The molecule has 0 radical (unpaired) electrons. The highest BCUT2D eigenvalue weighted by Gasteiger charge is 2.52. The molecule has 0 amide bonds. The smallest absolute Gasteiger partial charge is 0.138 e. The topological polar surface area (TPSA) is 93.5 Å². The molecule has 0 aromatic carbocycles. The lowest BCUT2D eigenvalue weighted by atomic mass is 9.58. The number of fused-ring (bicyclic) bond motifs is 2. The number of ether oxygens (including phenoxy) is 2. The van der Waals surface area contributed by atoms with Gasteiger partial charge in [0.05, 0.1) is 31.4 Å². The Morgan fingerprint density at radius 2 is 1.86 bits per heavy atom. The van der Waals surface area contributed by atoms with Gasteiger partial charge in [0.2, 0.25) is 0 Å². The molecule has 2 aliphatic heterocycles. The van der Waals surface area contributed by atoms with E-state index in [1.165, 1.54) is 23.7 Å². The molecule has 0 bridgehead atoms. The number of halogens is 2. The number of thiophene rings is 1. The van der Waals surface area contributed by atoms with Crippen LogP contribution in [0.1, 0.15) is 65.6 Å². The highest BCUT2D eigenvalue weighted by atomic mass is 32.1. The van der Waals surface area contributed by atoms with Crippen LogP contribution in [0, 0.1) is 11.3 Å². The maximum absolute atomic E-state index is 14.4. The molecule has 3 aliphatic rings. The first kappa shape index (κ1) is 43.6. The van der Waals surface area contributed by atoms with Crippen molar-refractivity contribution in [1.29, 1.82) is 0 Å². The summed E-state index contributed by atoms with van der Waals surface area (Å²) in [6.07, 6.45) is 6.69. The van der Waals surface area contributed by atoms with Crippen molar-refractivity contribution in [2.45, 2.75) is 67.5 Å². The van der Waals surface area contributed by atoms with Crippen LogP contribution in [0.15, 0.2) is 48.6 Å². The minimum Gasteiger partial charge on any atom is -0.499 e. The second-order valence-electron chi connectivity index (χ2n) is 10.8. The number of rotatable bonds is 9. The summed E-state index contributed by atoms with van der Waals surface area (Å²) >= 11 is 1.52. The van der Waals surface area contributed by atoms with E-state index in [1.54, 1.807) is 7.11 Å². The standard InChI is InChI=1S/C24H23F2N5OS.C5H10O2.C2H7N.3C2H6/c25-3-1-16(26)7-19-21(20-8-17-11-27-4-5-31(17)29-20)28-23(18-2-6-33-22(18)19)30-13-24(14-30)9-15(10-24)12-32;1-3-7-5-4-6-2;1-3-2;3*1-2/h1-3,6-8,12,15,27H,4-5,9-11,13-14H2;3H,1,4-5H2,2H3;3H,1-2H3;3*1-2H3/b3-1+,16-7?;;;;;. The Hall–Kier alpha value is -3.45. The minimum absolute atomic E-state index is 0.182. The molecule has 2 N–H and O–H groups in total. The number of hydrogen-bond acceptors (Lipinski definition) is 9. The number of carbonyl (C=O) groups excluding carboxylic acids is 1. The number of allylic oxidation sites excluding steroid dienone is 2. The van der Waals surface area contributed by atoms with Crippen molar-refractivity contribution in [2.24, 2.45) is 11.3 Å². The molecule has 3 aromatic rings. The average molecular weight is 705 g/mol. The predicted molar refractivity (Wildman–Crippen MR) is 202 cm³/mol. The van der Waals surface area contributed by atoms with Gasteiger partial charge in [-0.3, -0.25) is 4.68 Å². The zero-order valence-electron chi connectivity index (χ0n) is 30.9. The first-order chi connectivity index (χ1) is 23.9. The number of nitrogens with zero attached hydrogens (tertiary/aromatic N) is 4. The van der Waals surface area contributed by atoms with E-state index >= 15 is 0 Å². The Kier molecular flexibility index (Phi) is 21.2. The summed E-state index contributed by atoms with van der Waals surface area (Å²) in [5.41, 5.74) is 3.17. The first-order valence-electron chi connectivity index (χ1n) is 17.3. The van der Waals surface area contributed by atoms with Crippen LogP contribution in [0.25, 0.3) is 27.6 Å². The fourth-order valence-electron chi connectivity index (χ4n) is 5.69. The molecule has 5 heterocycles. The normalized spacial score (nSPS) is 15.6. The summed E-state index contributed by atoms with van der Waals surface area (Å²) in [7, 11) is 5.38. The number of pyridine rings is 1. The van der Waals surface area contributed by atoms with Crippen molar-refractivity contribution >= 4 is 39.6 Å². The number of methoxy groups -OCH3 is 1. The second kappa shape index (κ2) is 23.8. The van der Waals surface area contributed by atoms with Gasteiger partial charge in [-0.2, -0.15) is 5.10 Å². The second-order valence-corrected chi connectivity index (χ2v) is 11.7. The van der Waals surface area contributed by atoms with E-state index in [9.17, 15) is 13.6 Å². The quantitative estimate of drug-likeness (QED) is 0.0998. The number of nitrogens with one attached hydrogen (secondary N) is 2. The van der Waals surface area contributed by atoms with E-state index in [4.69, 9.17) is 14.8 Å². The molecule has 6 rings (SSSR count). The highest BCUT2D eigenvalue weighted by Crippen LogP contribution is 2.53.